The molecule has 4 nitrogen and oxygen atoms in total. The van der Waals surface area contributed by atoms with Crippen molar-refractivity contribution < 1.29 is 13.9 Å². The number of rotatable bonds is 12. The molecule has 0 amide bonds. The number of benzene rings is 2. The van der Waals surface area contributed by atoms with Crippen LogP contribution in [-0.2, 0) is 0 Å². The third-order valence-electron chi connectivity index (χ3n) is 4.95. The molecule has 3 rings (SSSR count). The van der Waals surface area contributed by atoms with Gasteiger partial charge in [-0.2, -0.15) is 0 Å². The summed E-state index contributed by atoms with van der Waals surface area (Å²) < 4.78 is 24.1. The monoisotopic (exact) mass is 422 g/mol. The van der Waals surface area contributed by atoms with E-state index in [4.69, 9.17) is 9.47 Å². The summed E-state index contributed by atoms with van der Waals surface area (Å²) in [5, 5.41) is 0. The van der Waals surface area contributed by atoms with Crippen molar-refractivity contribution in [3.05, 3.63) is 60.9 Å². The summed E-state index contributed by atoms with van der Waals surface area (Å²) in [6.45, 7) is 4.51. The maximum absolute atomic E-state index is 12.9. The van der Waals surface area contributed by atoms with E-state index in [9.17, 15) is 4.39 Å². The normalized spacial score (nSPS) is 11.8. The van der Waals surface area contributed by atoms with E-state index in [1.54, 1.807) is 12.1 Å². The number of alkyl halides is 1. The van der Waals surface area contributed by atoms with Gasteiger partial charge < -0.3 is 9.47 Å². The molecule has 164 valence electrons. The molecule has 1 aromatic heterocycles. The zero-order valence-electron chi connectivity index (χ0n) is 18.4. The predicted octanol–water partition coefficient (Wildman–Crippen LogP) is 6.90. The van der Waals surface area contributed by atoms with E-state index in [0.717, 1.165) is 35.5 Å². The van der Waals surface area contributed by atoms with Gasteiger partial charge in [-0.25, -0.2) is 14.4 Å². The summed E-state index contributed by atoms with van der Waals surface area (Å²) in [7, 11) is 0. The molecule has 0 aliphatic rings. The fourth-order valence-electron chi connectivity index (χ4n) is 3.18. The zero-order chi connectivity index (χ0) is 21.9. The van der Waals surface area contributed by atoms with Crippen molar-refractivity contribution in [2.75, 3.05) is 13.2 Å². The van der Waals surface area contributed by atoms with Crippen LogP contribution in [0.2, 0.25) is 0 Å². The first kappa shape index (κ1) is 22.7. The van der Waals surface area contributed by atoms with E-state index in [-0.39, 0.29) is 6.61 Å². The number of aromatic nitrogens is 2. The lowest BCUT2D eigenvalue weighted by Gasteiger charge is -2.08. The highest BCUT2D eigenvalue weighted by atomic mass is 19.1. The highest BCUT2D eigenvalue weighted by molar-refractivity contribution is 5.64. The second kappa shape index (κ2) is 12.0. The highest BCUT2D eigenvalue weighted by Crippen LogP contribution is 2.24. The molecule has 0 bridgehead atoms. The molecule has 0 aliphatic carbocycles. The Morgan fingerprint density at radius 3 is 1.94 bits per heavy atom. The van der Waals surface area contributed by atoms with E-state index < -0.39 is 6.17 Å². The Bertz CT molecular complexity index is 894. The Labute approximate surface area is 184 Å². The molecule has 5 heteroatoms. The Balaban J connectivity index is 1.53. The molecule has 0 radical (unpaired) electrons. The van der Waals surface area contributed by atoms with Crippen molar-refractivity contribution in [2.24, 2.45) is 0 Å². The molecule has 0 aliphatic heterocycles. The Morgan fingerprint density at radius 1 is 0.742 bits per heavy atom. The first-order chi connectivity index (χ1) is 15.2. The van der Waals surface area contributed by atoms with Gasteiger partial charge >= 0.3 is 0 Å². The number of ether oxygens (including phenoxy) is 2. The van der Waals surface area contributed by atoms with Gasteiger partial charge in [-0.05, 0) is 55.3 Å². The van der Waals surface area contributed by atoms with E-state index in [2.05, 4.69) is 16.9 Å². The minimum absolute atomic E-state index is 0.0489. The van der Waals surface area contributed by atoms with Gasteiger partial charge in [-0.3, -0.25) is 0 Å². The van der Waals surface area contributed by atoms with Crippen molar-refractivity contribution in [3.8, 4) is 34.0 Å². The fourth-order valence-corrected chi connectivity index (χ4v) is 3.18. The third kappa shape index (κ3) is 7.35. The summed E-state index contributed by atoms with van der Waals surface area (Å²) in [6.07, 6.45) is 8.81. The van der Waals surface area contributed by atoms with E-state index in [0.29, 0.717) is 11.6 Å². The van der Waals surface area contributed by atoms with Crippen molar-refractivity contribution >= 4 is 0 Å². The van der Waals surface area contributed by atoms with Crippen LogP contribution in [0.15, 0.2) is 60.9 Å². The van der Waals surface area contributed by atoms with E-state index in [1.165, 1.54) is 32.6 Å². The average Bonchev–Trinajstić information content (AvgIpc) is 2.81. The zero-order valence-corrected chi connectivity index (χ0v) is 18.4. The molecule has 0 fully saturated rings. The third-order valence-corrected chi connectivity index (χ3v) is 4.95. The first-order valence-corrected chi connectivity index (χ1v) is 11.1. The van der Waals surface area contributed by atoms with Crippen molar-refractivity contribution in [1.82, 2.24) is 9.97 Å². The number of unbranched alkanes of at least 4 members (excludes halogenated alkanes) is 4. The van der Waals surface area contributed by atoms with E-state index >= 15 is 0 Å². The van der Waals surface area contributed by atoms with Crippen LogP contribution in [0.1, 0.15) is 46.0 Å². The molecule has 1 atom stereocenters. The summed E-state index contributed by atoms with van der Waals surface area (Å²) in [4.78, 5) is 8.99. The summed E-state index contributed by atoms with van der Waals surface area (Å²) in [5.41, 5.74) is 2.88. The molecular weight excluding hydrogens is 391 g/mol. The maximum atomic E-state index is 12.9. The van der Waals surface area contributed by atoms with Gasteiger partial charge in [0.05, 0.1) is 6.61 Å². The lowest BCUT2D eigenvalue weighted by atomic mass is 10.1. The summed E-state index contributed by atoms with van der Waals surface area (Å²) in [6, 6.07) is 15.4. The van der Waals surface area contributed by atoms with Crippen LogP contribution in [-0.4, -0.2) is 29.4 Å². The molecule has 0 N–H and O–H groups in total. The number of hydrogen-bond acceptors (Lipinski definition) is 4. The first-order valence-electron chi connectivity index (χ1n) is 11.1. The standard InChI is InChI=1S/C26H31FN2O2/c1-3-4-5-6-7-16-30-24-12-8-21(9-13-24)23-17-28-26(29-18-23)22-10-14-25(15-11-22)31-19-20(2)27/h8-15,17-18,20H,3-7,16,19H2,1-2H3. The SMILES string of the molecule is CCCCCCCOc1ccc(-c2cnc(-c3ccc(OCC(C)F)cc3)nc2)cc1. The minimum atomic E-state index is -0.994. The average molecular weight is 423 g/mol. The van der Waals surface area contributed by atoms with Gasteiger partial charge in [-0.1, -0.05) is 44.7 Å². The van der Waals surface area contributed by atoms with Crippen LogP contribution < -0.4 is 9.47 Å². The van der Waals surface area contributed by atoms with Gasteiger partial charge in [0.1, 0.15) is 24.3 Å². The number of hydrogen-bond donors (Lipinski definition) is 0. The van der Waals surface area contributed by atoms with Crippen molar-refractivity contribution in [3.63, 3.8) is 0 Å². The second-order valence-electron chi connectivity index (χ2n) is 7.70. The molecule has 1 unspecified atom stereocenters. The number of halogens is 1. The van der Waals surface area contributed by atoms with Crippen LogP contribution in [0, 0.1) is 0 Å². The van der Waals surface area contributed by atoms with Crippen LogP contribution in [0.3, 0.4) is 0 Å². The van der Waals surface area contributed by atoms with Crippen LogP contribution in [0.4, 0.5) is 4.39 Å². The van der Waals surface area contributed by atoms with Gasteiger partial charge in [0.15, 0.2) is 5.82 Å². The Hall–Kier alpha value is -2.95. The molecule has 31 heavy (non-hydrogen) atoms. The molecule has 1 heterocycles. The minimum Gasteiger partial charge on any atom is -0.494 e. The molecular formula is C26H31FN2O2. The number of nitrogens with zero attached hydrogens (tertiary/aromatic N) is 2. The van der Waals surface area contributed by atoms with Gasteiger partial charge in [0.2, 0.25) is 0 Å². The van der Waals surface area contributed by atoms with Crippen molar-refractivity contribution in [1.29, 1.82) is 0 Å². The van der Waals surface area contributed by atoms with Crippen LogP contribution in [0.25, 0.3) is 22.5 Å². The predicted molar refractivity (Wildman–Crippen MR) is 123 cm³/mol. The smallest absolute Gasteiger partial charge is 0.159 e. The van der Waals surface area contributed by atoms with Crippen molar-refractivity contribution in [2.45, 2.75) is 52.1 Å². The lowest BCUT2D eigenvalue weighted by Crippen LogP contribution is -2.08. The lowest BCUT2D eigenvalue weighted by molar-refractivity contribution is 0.210. The topological polar surface area (TPSA) is 44.2 Å². The largest absolute Gasteiger partial charge is 0.494 e. The quantitative estimate of drug-likeness (QED) is 0.298. The maximum Gasteiger partial charge on any atom is 0.159 e. The van der Waals surface area contributed by atoms with Gasteiger partial charge in [0, 0.05) is 23.5 Å². The molecule has 0 saturated carbocycles. The van der Waals surface area contributed by atoms with Crippen LogP contribution in [0.5, 0.6) is 11.5 Å². The Morgan fingerprint density at radius 2 is 1.32 bits per heavy atom. The van der Waals surface area contributed by atoms with Gasteiger partial charge in [0.25, 0.3) is 0 Å². The summed E-state index contributed by atoms with van der Waals surface area (Å²) >= 11 is 0. The highest BCUT2D eigenvalue weighted by Gasteiger charge is 2.05. The Kier molecular flexibility index (Phi) is 8.83. The summed E-state index contributed by atoms with van der Waals surface area (Å²) in [5.74, 6) is 2.16. The molecule has 0 saturated heterocycles. The molecule has 3 aromatic rings. The molecule has 2 aromatic carbocycles. The fraction of sp³-hybridized carbons (Fsp3) is 0.385. The van der Waals surface area contributed by atoms with E-state index in [1.807, 2.05) is 48.8 Å². The second-order valence-corrected chi connectivity index (χ2v) is 7.70. The van der Waals surface area contributed by atoms with Crippen LogP contribution >= 0.6 is 0 Å². The van der Waals surface area contributed by atoms with Gasteiger partial charge in [-0.15, -0.1) is 0 Å². The molecule has 0 spiro atoms.